The Labute approximate surface area is 114 Å². The van der Waals surface area contributed by atoms with Crippen LogP contribution in [0.1, 0.15) is 12.5 Å². The summed E-state index contributed by atoms with van der Waals surface area (Å²) in [6, 6.07) is 5.12. The number of hydrogen-bond donors (Lipinski definition) is 0. The van der Waals surface area contributed by atoms with Crippen LogP contribution in [0.5, 0.6) is 11.5 Å². The Morgan fingerprint density at radius 1 is 1.16 bits per heavy atom. The van der Waals surface area contributed by atoms with Crippen LogP contribution in [0.15, 0.2) is 18.2 Å². The molecular weight excluding hydrogens is 285 g/mol. The van der Waals surface area contributed by atoms with Crippen molar-refractivity contribution in [2.24, 2.45) is 0 Å². The predicted molar refractivity (Wildman–Crippen MR) is 64.7 cm³/mol. The van der Waals surface area contributed by atoms with Gasteiger partial charge in [0.2, 0.25) is 0 Å². The molecule has 0 aliphatic heterocycles. The molecule has 0 radical (unpaired) electrons. The van der Waals surface area contributed by atoms with Gasteiger partial charge in [-0.15, -0.1) is 24.8 Å². The Balaban J connectivity index is 2.64. The number of para-hydroxylation sites is 1. The Hall–Kier alpha value is -1.14. The van der Waals surface area contributed by atoms with E-state index in [1.54, 1.807) is 25.1 Å². The summed E-state index contributed by atoms with van der Waals surface area (Å²) in [4.78, 5) is 0. The molecule has 0 aromatic heterocycles. The second-order valence-electron chi connectivity index (χ2n) is 3.45. The van der Waals surface area contributed by atoms with E-state index in [2.05, 4.69) is 4.74 Å². The van der Waals surface area contributed by atoms with Crippen LogP contribution in [-0.4, -0.2) is 26.2 Å². The molecule has 0 fully saturated rings. The summed E-state index contributed by atoms with van der Waals surface area (Å²) in [6.45, 7) is 1.38. The number of halogens is 4. The number of alkyl halides is 4. The van der Waals surface area contributed by atoms with Gasteiger partial charge in [0.15, 0.2) is 11.5 Å². The fraction of sp³-hybridized carbons (Fsp3) is 0.500. The molecule has 1 aromatic carbocycles. The van der Waals surface area contributed by atoms with Gasteiger partial charge in [-0.25, -0.2) is 0 Å². The standard InChI is InChI=1S/C12H14ClF3O3/c1-2-17-10-5-3-4-9(8-13)11(10)18-6-7-19-12(14,15)16/h3-5H,2,6-8H2,1H3. The molecular formula is C12H14ClF3O3. The Kier molecular flexibility index (Phi) is 6.24. The highest BCUT2D eigenvalue weighted by atomic mass is 35.5. The first-order valence-corrected chi connectivity index (χ1v) is 6.15. The molecule has 0 bridgehead atoms. The van der Waals surface area contributed by atoms with Crippen LogP contribution < -0.4 is 9.47 Å². The second kappa shape index (κ2) is 7.45. The maximum Gasteiger partial charge on any atom is 0.522 e. The summed E-state index contributed by atoms with van der Waals surface area (Å²) in [5, 5.41) is 0. The maximum atomic E-state index is 11.8. The summed E-state index contributed by atoms with van der Waals surface area (Å²) in [5.41, 5.74) is 0.652. The zero-order valence-electron chi connectivity index (χ0n) is 10.3. The van der Waals surface area contributed by atoms with Crippen molar-refractivity contribution < 1.29 is 27.4 Å². The molecule has 0 saturated heterocycles. The minimum Gasteiger partial charge on any atom is -0.490 e. The van der Waals surface area contributed by atoms with Gasteiger partial charge in [-0.3, -0.25) is 4.74 Å². The third-order valence-electron chi connectivity index (χ3n) is 2.10. The summed E-state index contributed by atoms with van der Waals surface area (Å²) in [7, 11) is 0. The average molecular weight is 299 g/mol. The molecule has 19 heavy (non-hydrogen) atoms. The van der Waals surface area contributed by atoms with Crippen LogP contribution in [0.25, 0.3) is 0 Å². The molecule has 0 N–H and O–H groups in total. The highest BCUT2D eigenvalue weighted by molar-refractivity contribution is 6.17. The summed E-state index contributed by atoms with van der Waals surface area (Å²) in [6.07, 6.45) is -4.65. The Morgan fingerprint density at radius 2 is 1.89 bits per heavy atom. The largest absolute Gasteiger partial charge is 0.522 e. The van der Waals surface area contributed by atoms with Gasteiger partial charge < -0.3 is 9.47 Å². The van der Waals surface area contributed by atoms with Crippen molar-refractivity contribution >= 4 is 11.6 Å². The van der Waals surface area contributed by atoms with Crippen molar-refractivity contribution in [3.05, 3.63) is 23.8 Å². The van der Waals surface area contributed by atoms with Gasteiger partial charge in [-0.2, -0.15) is 0 Å². The van der Waals surface area contributed by atoms with Crippen molar-refractivity contribution in [2.45, 2.75) is 19.2 Å². The zero-order valence-corrected chi connectivity index (χ0v) is 11.1. The van der Waals surface area contributed by atoms with Gasteiger partial charge in [-0.1, -0.05) is 12.1 Å². The molecule has 0 saturated carbocycles. The number of ether oxygens (including phenoxy) is 3. The maximum absolute atomic E-state index is 11.8. The molecule has 108 valence electrons. The lowest BCUT2D eigenvalue weighted by Gasteiger charge is -2.15. The van der Waals surface area contributed by atoms with E-state index in [9.17, 15) is 13.2 Å². The molecule has 1 aromatic rings. The van der Waals surface area contributed by atoms with Crippen molar-refractivity contribution in [1.29, 1.82) is 0 Å². The second-order valence-corrected chi connectivity index (χ2v) is 3.72. The first kappa shape index (κ1) is 15.9. The van der Waals surface area contributed by atoms with Gasteiger partial charge in [0.05, 0.1) is 19.1 Å². The predicted octanol–water partition coefficient (Wildman–Crippen LogP) is 3.74. The average Bonchev–Trinajstić information content (AvgIpc) is 2.35. The van der Waals surface area contributed by atoms with E-state index in [-0.39, 0.29) is 12.5 Å². The molecule has 1 rings (SSSR count). The summed E-state index contributed by atoms with van der Waals surface area (Å²) < 4.78 is 49.6. The minimum atomic E-state index is -4.65. The third kappa shape index (κ3) is 5.57. The topological polar surface area (TPSA) is 27.7 Å². The molecule has 0 atom stereocenters. The van der Waals surface area contributed by atoms with Crippen molar-refractivity contribution in [3.8, 4) is 11.5 Å². The van der Waals surface area contributed by atoms with Crippen LogP contribution in [0.2, 0.25) is 0 Å². The first-order valence-electron chi connectivity index (χ1n) is 5.62. The normalized spacial score (nSPS) is 11.4. The van der Waals surface area contributed by atoms with Crippen LogP contribution in [-0.2, 0) is 10.6 Å². The molecule has 0 amide bonds. The summed E-state index contributed by atoms with van der Waals surface area (Å²) in [5.74, 6) is 0.980. The fourth-order valence-corrected chi connectivity index (χ4v) is 1.61. The molecule has 3 nitrogen and oxygen atoms in total. The number of hydrogen-bond acceptors (Lipinski definition) is 3. The third-order valence-corrected chi connectivity index (χ3v) is 2.39. The van der Waals surface area contributed by atoms with E-state index in [4.69, 9.17) is 21.1 Å². The lowest BCUT2D eigenvalue weighted by molar-refractivity contribution is -0.325. The highest BCUT2D eigenvalue weighted by Gasteiger charge is 2.28. The van der Waals surface area contributed by atoms with Crippen LogP contribution >= 0.6 is 11.6 Å². The zero-order chi connectivity index (χ0) is 14.3. The SMILES string of the molecule is CCOc1cccc(CCl)c1OCCOC(F)(F)F. The van der Waals surface area contributed by atoms with Gasteiger partial charge in [0.1, 0.15) is 6.61 Å². The van der Waals surface area contributed by atoms with E-state index in [1.807, 2.05) is 0 Å². The number of rotatable bonds is 7. The Bertz CT molecular complexity index is 396. The van der Waals surface area contributed by atoms with Gasteiger partial charge in [-0.05, 0) is 13.0 Å². The van der Waals surface area contributed by atoms with Crippen molar-refractivity contribution in [3.63, 3.8) is 0 Å². The molecule has 0 heterocycles. The van der Waals surface area contributed by atoms with Crippen molar-refractivity contribution in [1.82, 2.24) is 0 Å². The molecule has 0 spiro atoms. The van der Waals surface area contributed by atoms with E-state index in [0.717, 1.165) is 0 Å². The van der Waals surface area contributed by atoms with E-state index >= 15 is 0 Å². The van der Waals surface area contributed by atoms with Crippen LogP contribution in [0, 0.1) is 0 Å². The lowest BCUT2D eigenvalue weighted by Crippen LogP contribution is -2.18. The Morgan fingerprint density at radius 3 is 2.47 bits per heavy atom. The highest BCUT2D eigenvalue weighted by Crippen LogP contribution is 2.32. The fourth-order valence-electron chi connectivity index (χ4n) is 1.40. The molecule has 0 unspecified atom stereocenters. The van der Waals surface area contributed by atoms with Crippen LogP contribution in [0.3, 0.4) is 0 Å². The molecule has 0 aliphatic rings. The smallest absolute Gasteiger partial charge is 0.490 e. The van der Waals surface area contributed by atoms with Crippen molar-refractivity contribution in [2.75, 3.05) is 19.8 Å². The minimum absolute atomic E-state index is 0.177. The quantitative estimate of drug-likeness (QED) is 0.567. The van der Waals surface area contributed by atoms with Crippen LogP contribution in [0.4, 0.5) is 13.2 Å². The first-order chi connectivity index (χ1) is 8.98. The van der Waals surface area contributed by atoms with Gasteiger partial charge in [0.25, 0.3) is 0 Å². The summed E-state index contributed by atoms with van der Waals surface area (Å²) >= 11 is 5.74. The number of benzene rings is 1. The molecule has 0 aliphatic carbocycles. The monoisotopic (exact) mass is 298 g/mol. The lowest BCUT2D eigenvalue weighted by atomic mass is 10.2. The van der Waals surface area contributed by atoms with E-state index in [1.165, 1.54) is 0 Å². The van der Waals surface area contributed by atoms with Gasteiger partial charge in [0, 0.05) is 5.56 Å². The van der Waals surface area contributed by atoms with E-state index < -0.39 is 13.0 Å². The van der Waals surface area contributed by atoms with E-state index in [0.29, 0.717) is 23.7 Å². The van der Waals surface area contributed by atoms with Gasteiger partial charge >= 0.3 is 6.36 Å². The molecule has 7 heteroatoms.